The third-order valence-corrected chi connectivity index (χ3v) is 2.64. The zero-order valence-electron chi connectivity index (χ0n) is 9.47. The predicted octanol–water partition coefficient (Wildman–Crippen LogP) is 3.41. The van der Waals surface area contributed by atoms with Gasteiger partial charge in [0.05, 0.1) is 0 Å². The minimum Gasteiger partial charge on any atom is -0.381 e. The molecule has 3 N–H and O–H groups in total. The SMILES string of the molecule is CCCCC(CN)Nc1cc(F)cc(Cl)c1. The average Bonchev–Trinajstić information content (AvgIpc) is 2.22. The molecule has 0 amide bonds. The van der Waals surface area contributed by atoms with Crippen molar-refractivity contribution in [3.8, 4) is 0 Å². The molecular formula is C12H18ClFN2. The summed E-state index contributed by atoms with van der Waals surface area (Å²) in [7, 11) is 0. The number of hydrogen-bond acceptors (Lipinski definition) is 2. The van der Waals surface area contributed by atoms with Crippen LogP contribution in [0.1, 0.15) is 26.2 Å². The maximum atomic E-state index is 13.1. The fourth-order valence-corrected chi connectivity index (χ4v) is 1.79. The topological polar surface area (TPSA) is 38.0 Å². The van der Waals surface area contributed by atoms with E-state index in [1.165, 1.54) is 12.1 Å². The molecule has 0 heterocycles. The van der Waals surface area contributed by atoms with Crippen molar-refractivity contribution in [1.29, 1.82) is 0 Å². The van der Waals surface area contributed by atoms with Crippen LogP contribution in [-0.4, -0.2) is 12.6 Å². The molecule has 0 radical (unpaired) electrons. The Labute approximate surface area is 101 Å². The van der Waals surface area contributed by atoms with Gasteiger partial charge in [0.25, 0.3) is 0 Å². The minimum absolute atomic E-state index is 0.179. The van der Waals surface area contributed by atoms with Crippen molar-refractivity contribution < 1.29 is 4.39 Å². The Hall–Kier alpha value is -0.800. The van der Waals surface area contributed by atoms with Crippen molar-refractivity contribution in [3.63, 3.8) is 0 Å². The van der Waals surface area contributed by atoms with Gasteiger partial charge in [-0.3, -0.25) is 0 Å². The van der Waals surface area contributed by atoms with E-state index in [0.29, 0.717) is 17.3 Å². The van der Waals surface area contributed by atoms with Crippen molar-refractivity contribution >= 4 is 17.3 Å². The number of halogens is 2. The lowest BCUT2D eigenvalue weighted by molar-refractivity contribution is 0.610. The van der Waals surface area contributed by atoms with E-state index in [0.717, 1.165) is 19.3 Å². The molecule has 1 atom stereocenters. The van der Waals surface area contributed by atoms with E-state index >= 15 is 0 Å². The van der Waals surface area contributed by atoms with E-state index in [-0.39, 0.29) is 11.9 Å². The molecule has 0 bridgehead atoms. The van der Waals surface area contributed by atoms with Crippen LogP contribution in [0.5, 0.6) is 0 Å². The van der Waals surface area contributed by atoms with Crippen molar-refractivity contribution in [3.05, 3.63) is 29.0 Å². The van der Waals surface area contributed by atoms with Gasteiger partial charge in [-0.05, 0) is 24.6 Å². The van der Waals surface area contributed by atoms with Crippen LogP contribution in [0.4, 0.5) is 10.1 Å². The molecule has 0 fully saturated rings. The summed E-state index contributed by atoms with van der Waals surface area (Å²) in [6.07, 6.45) is 3.22. The molecule has 0 saturated heterocycles. The van der Waals surface area contributed by atoms with Crippen molar-refractivity contribution in [2.24, 2.45) is 5.73 Å². The molecule has 1 rings (SSSR count). The zero-order valence-corrected chi connectivity index (χ0v) is 10.2. The zero-order chi connectivity index (χ0) is 12.0. The Morgan fingerprint density at radius 1 is 1.44 bits per heavy atom. The molecule has 1 unspecified atom stereocenters. The molecule has 0 aliphatic carbocycles. The van der Waals surface area contributed by atoms with Crippen LogP contribution in [0.25, 0.3) is 0 Å². The van der Waals surface area contributed by atoms with E-state index in [4.69, 9.17) is 17.3 Å². The van der Waals surface area contributed by atoms with Gasteiger partial charge in [-0.15, -0.1) is 0 Å². The average molecular weight is 245 g/mol. The highest BCUT2D eigenvalue weighted by Crippen LogP contribution is 2.19. The van der Waals surface area contributed by atoms with Gasteiger partial charge in [0.15, 0.2) is 0 Å². The first-order valence-corrected chi connectivity index (χ1v) is 5.96. The Morgan fingerprint density at radius 3 is 2.75 bits per heavy atom. The Kier molecular flexibility index (Phi) is 5.56. The van der Waals surface area contributed by atoms with E-state index < -0.39 is 0 Å². The molecule has 0 spiro atoms. The lowest BCUT2D eigenvalue weighted by Crippen LogP contribution is -2.28. The molecule has 1 aromatic carbocycles. The number of unbranched alkanes of at least 4 members (excludes halogenated alkanes) is 1. The highest BCUT2D eigenvalue weighted by Gasteiger charge is 2.07. The first kappa shape index (κ1) is 13.3. The molecule has 90 valence electrons. The van der Waals surface area contributed by atoms with Crippen molar-refractivity contribution in [2.75, 3.05) is 11.9 Å². The molecule has 0 aromatic heterocycles. The third-order valence-electron chi connectivity index (χ3n) is 2.42. The van der Waals surface area contributed by atoms with Gasteiger partial charge >= 0.3 is 0 Å². The van der Waals surface area contributed by atoms with Gasteiger partial charge in [-0.2, -0.15) is 0 Å². The number of benzene rings is 1. The van der Waals surface area contributed by atoms with Crippen LogP contribution in [0, 0.1) is 5.82 Å². The number of rotatable bonds is 6. The molecule has 1 aromatic rings. The lowest BCUT2D eigenvalue weighted by atomic mass is 10.1. The predicted molar refractivity (Wildman–Crippen MR) is 67.4 cm³/mol. The van der Waals surface area contributed by atoms with Gasteiger partial charge in [0, 0.05) is 23.3 Å². The summed E-state index contributed by atoms with van der Waals surface area (Å²) in [5, 5.41) is 3.59. The maximum Gasteiger partial charge on any atom is 0.126 e. The van der Waals surface area contributed by atoms with Gasteiger partial charge < -0.3 is 11.1 Å². The molecule has 2 nitrogen and oxygen atoms in total. The Morgan fingerprint density at radius 2 is 2.19 bits per heavy atom. The second-order valence-corrected chi connectivity index (χ2v) is 4.31. The fourth-order valence-electron chi connectivity index (χ4n) is 1.57. The van der Waals surface area contributed by atoms with Crippen LogP contribution >= 0.6 is 11.6 Å². The summed E-state index contributed by atoms with van der Waals surface area (Å²) in [6, 6.07) is 4.61. The minimum atomic E-state index is -0.332. The van der Waals surface area contributed by atoms with Crippen LogP contribution in [-0.2, 0) is 0 Å². The van der Waals surface area contributed by atoms with Crippen molar-refractivity contribution in [1.82, 2.24) is 0 Å². The maximum absolute atomic E-state index is 13.1. The van der Waals surface area contributed by atoms with E-state index in [9.17, 15) is 4.39 Å². The van der Waals surface area contributed by atoms with Crippen LogP contribution in [0.15, 0.2) is 18.2 Å². The largest absolute Gasteiger partial charge is 0.381 e. The lowest BCUT2D eigenvalue weighted by Gasteiger charge is -2.18. The summed E-state index contributed by atoms with van der Waals surface area (Å²) in [5.41, 5.74) is 6.34. The number of nitrogens with two attached hydrogens (primary N) is 1. The van der Waals surface area contributed by atoms with E-state index in [1.54, 1.807) is 6.07 Å². The quantitative estimate of drug-likeness (QED) is 0.805. The molecular weight excluding hydrogens is 227 g/mol. The normalized spacial score (nSPS) is 12.5. The summed E-state index contributed by atoms with van der Waals surface area (Å²) >= 11 is 5.77. The Bertz CT molecular complexity index is 311. The van der Waals surface area contributed by atoms with E-state index in [1.807, 2.05) is 0 Å². The van der Waals surface area contributed by atoms with Gasteiger partial charge in [-0.25, -0.2) is 4.39 Å². The van der Waals surface area contributed by atoms with Crippen LogP contribution in [0.2, 0.25) is 5.02 Å². The monoisotopic (exact) mass is 244 g/mol. The standard InChI is InChI=1S/C12H18ClFN2/c1-2-3-4-11(8-15)16-12-6-9(13)5-10(14)7-12/h5-7,11,16H,2-4,8,15H2,1H3. The molecule has 16 heavy (non-hydrogen) atoms. The highest BCUT2D eigenvalue weighted by atomic mass is 35.5. The summed E-state index contributed by atoms with van der Waals surface area (Å²) < 4.78 is 13.1. The van der Waals surface area contributed by atoms with Crippen LogP contribution in [0.3, 0.4) is 0 Å². The smallest absolute Gasteiger partial charge is 0.126 e. The van der Waals surface area contributed by atoms with Gasteiger partial charge in [0.2, 0.25) is 0 Å². The first-order chi connectivity index (χ1) is 7.65. The summed E-state index contributed by atoms with van der Waals surface area (Å²) in [4.78, 5) is 0. The molecule has 0 saturated carbocycles. The van der Waals surface area contributed by atoms with E-state index in [2.05, 4.69) is 12.2 Å². The number of nitrogens with one attached hydrogen (secondary N) is 1. The number of hydrogen-bond donors (Lipinski definition) is 2. The molecule has 0 aliphatic heterocycles. The van der Waals surface area contributed by atoms with Gasteiger partial charge in [0.1, 0.15) is 5.82 Å². The third kappa shape index (κ3) is 4.37. The van der Waals surface area contributed by atoms with Crippen molar-refractivity contribution in [2.45, 2.75) is 32.2 Å². The highest BCUT2D eigenvalue weighted by molar-refractivity contribution is 6.30. The number of anilines is 1. The molecule has 4 heteroatoms. The summed E-state index contributed by atoms with van der Waals surface area (Å²) in [6.45, 7) is 2.67. The second-order valence-electron chi connectivity index (χ2n) is 3.88. The summed E-state index contributed by atoms with van der Waals surface area (Å²) in [5.74, 6) is -0.332. The van der Waals surface area contributed by atoms with Crippen LogP contribution < -0.4 is 11.1 Å². The Balaban J connectivity index is 2.62. The molecule has 0 aliphatic rings. The first-order valence-electron chi connectivity index (χ1n) is 5.58. The second kappa shape index (κ2) is 6.71. The van der Waals surface area contributed by atoms with Gasteiger partial charge in [-0.1, -0.05) is 31.4 Å². The fraction of sp³-hybridized carbons (Fsp3) is 0.500.